The van der Waals surface area contributed by atoms with Gasteiger partial charge in [0.05, 0.1) is 14.2 Å². The summed E-state index contributed by atoms with van der Waals surface area (Å²) in [6.45, 7) is 0.453. The largest absolute Gasteiger partial charge is 0.493 e. The smallest absolute Gasteiger partial charge is 0.316 e. The van der Waals surface area contributed by atoms with Crippen molar-refractivity contribution in [3.05, 3.63) is 52.0 Å². The Hall–Kier alpha value is -2.74. The van der Waals surface area contributed by atoms with Crippen LogP contribution in [0.3, 0.4) is 0 Å². The molecule has 2 aromatic rings. The second-order valence-corrected chi connectivity index (χ2v) is 6.23. The molecule has 0 atom stereocenters. The van der Waals surface area contributed by atoms with Crippen molar-refractivity contribution in [3.63, 3.8) is 0 Å². The van der Waals surface area contributed by atoms with E-state index >= 15 is 0 Å². The first-order valence-corrected chi connectivity index (χ1v) is 8.59. The lowest BCUT2D eigenvalue weighted by Crippen LogP contribution is -2.26. The fourth-order valence-electron chi connectivity index (χ4n) is 2.35. The number of nitrogens with one attached hydrogen (secondary N) is 2. The normalized spacial score (nSPS) is 10.1. The fourth-order valence-corrected chi connectivity index (χ4v) is 2.87. The molecule has 2 rings (SSSR count). The van der Waals surface area contributed by atoms with Crippen molar-refractivity contribution < 1.29 is 19.1 Å². The highest BCUT2D eigenvalue weighted by Gasteiger charge is 2.11. The Labute approximate surface area is 160 Å². The van der Waals surface area contributed by atoms with Gasteiger partial charge in [-0.25, -0.2) is 4.79 Å². The summed E-state index contributed by atoms with van der Waals surface area (Å²) in [6, 6.07) is 9.53. The van der Waals surface area contributed by atoms with Gasteiger partial charge in [0.25, 0.3) is 5.91 Å². The van der Waals surface area contributed by atoms with E-state index in [1.807, 2.05) is 12.1 Å². The zero-order valence-electron chi connectivity index (χ0n) is 14.5. The van der Waals surface area contributed by atoms with Crippen LogP contribution in [0, 0.1) is 0 Å². The van der Waals surface area contributed by atoms with Crippen LogP contribution in [-0.2, 0) is 6.42 Å². The Bertz CT molecular complexity index is 794. The van der Waals surface area contributed by atoms with Gasteiger partial charge in [0.2, 0.25) is 0 Å². The summed E-state index contributed by atoms with van der Waals surface area (Å²) in [5.41, 5.74) is 7.06. The summed E-state index contributed by atoms with van der Waals surface area (Å²) in [5.74, 6) is 1.07. The van der Waals surface area contributed by atoms with Crippen LogP contribution in [0.2, 0.25) is 0 Å². The van der Waals surface area contributed by atoms with E-state index < -0.39 is 6.03 Å². The van der Waals surface area contributed by atoms with E-state index in [0.717, 1.165) is 10.0 Å². The Balaban J connectivity index is 1.95. The highest BCUT2D eigenvalue weighted by molar-refractivity contribution is 9.10. The van der Waals surface area contributed by atoms with E-state index in [1.54, 1.807) is 38.5 Å². The second-order valence-electron chi connectivity index (χ2n) is 5.37. The van der Waals surface area contributed by atoms with Crippen molar-refractivity contribution in [1.82, 2.24) is 5.32 Å². The molecule has 0 aliphatic rings. The maximum atomic E-state index is 12.2. The quantitative estimate of drug-likeness (QED) is 0.639. The molecular weight excluding hydrogens is 402 g/mol. The maximum absolute atomic E-state index is 12.2. The van der Waals surface area contributed by atoms with Crippen molar-refractivity contribution in [2.75, 3.05) is 26.1 Å². The SMILES string of the molecule is COc1cc(Br)c(CCNC(=O)c2ccc(NC(N)=O)cc2)cc1OC. The summed E-state index contributed by atoms with van der Waals surface area (Å²) in [4.78, 5) is 23.0. The molecular formula is C18H20BrN3O4. The molecule has 0 fully saturated rings. The average Bonchev–Trinajstić information content (AvgIpc) is 2.62. The molecule has 2 aromatic carbocycles. The first kappa shape index (κ1) is 19.6. The van der Waals surface area contributed by atoms with Gasteiger partial charge < -0.3 is 25.8 Å². The third kappa shape index (κ3) is 5.13. The monoisotopic (exact) mass is 421 g/mol. The molecule has 7 nitrogen and oxygen atoms in total. The second kappa shape index (κ2) is 9.10. The van der Waals surface area contributed by atoms with Crippen LogP contribution >= 0.6 is 15.9 Å². The lowest BCUT2D eigenvalue weighted by Gasteiger charge is -2.12. The van der Waals surface area contributed by atoms with Crippen LogP contribution in [0.4, 0.5) is 10.5 Å². The van der Waals surface area contributed by atoms with Crippen molar-refractivity contribution in [2.45, 2.75) is 6.42 Å². The standard InChI is InChI=1S/C18H20BrN3O4/c1-25-15-9-12(14(19)10-16(15)26-2)7-8-21-17(23)11-3-5-13(6-4-11)22-18(20)24/h3-6,9-10H,7-8H2,1-2H3,(H,21,23)(H3,20,22,24). The molecule has 4 N–H and O–H groups in total. The van der Waals surface area contributed by atoms with E-state index in [9.17, 15) is 9.59 Å². The predicted molar refractivity (Wildman–Crippen MR) is 103 cm³/mol. The molecule has 0 radical (unpaired) electrons. The highest BCUT2D eigenvalue weighted by atomic mass is 79.9. The number of methoxy groups -OCH3 is 2. The maximum Gasteiger partial charge on any atom is 0.316 e. The highest BCUT2D eigenvalue weighted by Crippen LogP contribution is 2.33. The number of carbonyl (C=O) groups excluding carboxylic acids is 2. The predicted octanol–water partition coefficient (Wildman–Crippen LogP) is 2.93. The van der Waals surface area contributed by atoms with Gasteiger partial charge in [-0.1, -0.05) is 15.9 Å². The number of urea groups is 1. The van der Waals surface area contributed by atoms with E-state index in [4.69, 9.17) is 15.2 Å². The zero-order valence-corrected chi connectivity index (χ0v) is 16.1. The van der Waals surface area contributed by atoms with Crippen LogP contribution in [-0.4, -0.2) is 32.7 Å². The van der Waals surface area contributed by atoms with Crippen LogP contribution in [0.25, 0.3) is 0 Å². The van der Waals surface area contributed by atoms with Crippen LogP contribution in [0.5, 0.6) is 11.5 Å². The molecule has 0 aliphatic heterocycles. The lowest BCUT2D eigenvalue weighted by atomic mass is 10.1. The number of primary amides is 1. The summed E-state index contributed by atoms with van der Waals surface area (Å²) < 4.78 is 11.4. The minimum absolute atomic E-state index is 0.202. The van der Waals surface area contributed by atoms with E-state index in [2.05, 4.69) is 26.6 Å². The van der Waals surface area contributed by atoms with E-state index in [-0.39, 0.29) is 5.91 Å². The van der Waals surface area contributed by atoms with Gasteiger partial charge in [-0.2, -0.15) is 0 Å². The molecule has 0 heterocycles. The minimum atomic E-state index is -0.650. The molecule has 26 heavy (non-hydrogen) atoms. The Morgan fingerprint density at radius 3 is 2.27 bits per heavy atom. The number of amides is 3. The number of hydrogen-bond acceptors (Lipinski definition) is 4. The van der Waals surface area contributed by atoms with Crippen LogP contribution in [0.15, 0.2) is 40.9 Å². The molecule has 0 saturated carbocycles. The van der Waals surface area contributed by atoms with Crippen molar-refractivity contribution in [3.8, 4) is 11.5 Å². The number of carbonyl (C=O) groups is 2. The third-order valence-corrected chi connectivity index (χ3v) is 4.39. The Morgan fingerprint density at radius 2 is 1.69 bits per heavy atom. The summed E-state index contributed by atoms with van der Waals surface area (Å²) in [7, 11) is 3.16. The van der Waals surface area contributed by atoms with Gasteiger partial charge in [-0.05, 0) is 48.4 Å². The van der Waals surface area contributed by atoms with E-state index in [0.29, 0.717) is 35.7 Å². The zero-order chi connectivity index (χ0) is 19.1. The topological polar surface area (TPSA) is 103 Å². The number of benzene rings is 2. The first-order chi connectivity index (χ1) is 12.4. The molecule has 0 unspecified atom stereocenters. The molecule has 0 spiro atoms. The van der Waals surface area contributed by atoms with Crippen LogP contribution < -0.4 is 25.8 Å². The summed E-state index contributed by atoms with van der Waals surface area (Å²) in [6.07, 6.45) is 0.619. The number of ether oxygens (including phenoxy) is 2. The van der Waals surface area contributed by atoms with Crippen molar-refractivity contribution in [2.24, 2.45) is 5.73 Å². The van der Waals surface area contributed by atoms with Gasteiger partial charge in [-0.3, -0.25) is 4.79 Å². The molecule has 3 amide bonds. The van der Waals surface area contributed by atoms with Gasteiger partial charge in [0, 0.05) is 22.3 Å². The molecule has 0 aliphatic carbocycles. The van der Waals surface area contributed by atoms with Gasteiger partial charge in [-0.15, -0.1) is 0 Å². The Morgan fingerprint density at radius 1 is 1.08 bits per heavy atom. The number of anilines is 1. The Kier molecular flexibility index (Phi) is 6.85. The first-order valence-electron chi connectivity index (χ1n) is 7.79. The van der Waals surface area contributed by atoms with Gasteiger partial charge in [0.1, 0.15) is 0 Å². The summed E-state index contributed by atoms with van der Waals surface area (Å²) in [5, 5.41) is 5.30. The third-order valence-electron chi connectivity index (χ3n) is 3.65. The molecule has 8 heteroatoms. The molecule has 0 aromatic heterocycles. The van der Waals surface area contributed by atoms with Crippen molar-refractivity contribution in [1.29, 1.82) is 0 Å². The van der Waals surface area contributed by atoms with Crippen LogP contribution in [0.1, 0.15) is 15.9 Å². The lowest BCUT2D eigenvalue weighted by molar-refractivity contribution is 0.0954. The number of halogens is 1. The molecule has 138 valence electrons. The molecule has 0 bridgehead atoms. The number of rotatable bonds is 7. The number of hydrogen-bond donors (Lipinski definition) is 3. The fraction of sp³-hybridized carbons (Fsp3) is 0.222. The summed E-state index contributed by atoms with van der Waals surface area (Å²) >= 11 is 3.50. The average molecular weight is 422 g/mol. The van der Waals surface area contributed by atoms with Gasteiger partial charge >= 0.3 is 6.03 Å². The minimum Gasteiger partial charge on any atom is -0.493 e. The van der Waals surface area contributed by atoms with E-state index in [1.165, 1.54) is 0 Å². The number of nitrogens with two attached hydrogens (primary N) is 1. The molecule has 0 saturated heterocycles. The van der Waals surface area contributed by atoms with Crippen molar-refractivity contribution >= 4 is 33.6 Å². The van der Waals surface area contributed by atoms with Gasteiger partial charge in [0.15, 0.2) is 11.5 Å².